The molecule has 0 spiro atoms. The molecule has 2 aromatic heterocycles. The fraction of sp³-hybridized carbons (Fsp3) is 0.400. The van der Waals surface area contributed by atoms with Crippen molar-refractivity contribution >= 4 is 74.5 Å². The molecular weight excluding hydrogens is 544 g/mol. The Kier molecular flexibility index (Phi) is 9.86. The van der Waals surface area contributed by atoms with Crippen LogP contribution in [0.4, 0.5) is 0 Å². The van der Waals surface area contributed by atoms with E-state index in [4.69, 9.17) is 23.2 Å². The average Bonchev–Trinajstić information content (AvgIpc) is 3.13. The van der Waals surface area contributed by atoms with Crippen LogP contribution in [0.3, 0.4) is 0 Å². The third kappa shape index (κ3) is 7.09. The van der Waals surface area contributed by atoms with Gasteiger partial charge in [0.1, 0.15) is 4.21 Å². The summed E-state index contributed by atoms with van der Waals surface area (Å²) in [6.45, 7) is 1.23. The highest BCUT2D eigenvalue weighted by Gasteiger charge is 2.16. The van der Waals surface area contributed by atoms with Crippen LogP contribution in [0.5, 0.6) is 0 Å². The highest BCUT2D eigenvalue weighted by Crippen LogP contribution is 2.25. The summed E-state index contributed by atoms with van der Waals surface area (Å²) in [6.07, 6.45) is 1.84. The van der Waals surface area contributed by atoms with Crippen molar-refractivity contribution in [3.05, 3.63) is 39.4 Å². The highest BCUT2D eigenvalue weighted by atomic mass is 127. The molecule has 2 N–H and O–H groups in total. The number of nitrogens with zero attached hydrogens (tertiary/aromatic N) is 3. The maximum absolute atomic E-state index is 12.1. The summed E-state index contributed by atoms with van der Waals surface area (Å²) in [4.78, 5) is 6.14. The third-order valence-electron chi connectivity index (χ3n) is 3.56. The first-order valence-corrected chi connectivity index (χ1v) is 10.8. The van der Waals surface area contributed by atoms with Crippen molar-refractivity contribution in [1.82, 2.24) is 19.5 Å². The van der Waals surface area contributed by atoms with Crippen LogP contribution >= 0.6 is 58.5 Å². The van der Waals surface area contributed by atoms with E-state index < -0.39 is 10.0 Å². The number of aryl methyl sites for hydroxylation is 1. The first-order chi connectivity index (χ1) is 12.2. The summed E-state index contributed by atoms with van der Waals surface area (Å²) in [5.74, 6) is 0.653. The number of thiophene rings is 1. The highest BCUT2D eigenvalue weighted by molar-refractivity contribution is 14.0. The number of halogens is 3. The molecule has 7 nitrogen and oxygen atoms in total. The molecule has 152 valence electrons. The van der Waals surface area contributed by atoms with Crippen molar-refractivity contribution < 1.29 is 8.42 Å². The fourth-order valence-electron chi connectivity index (χ4n) is 2.30. The van der Waals surface area contributed by atoms with Gasteiger partial charge in [-0.3, -0.25) is 4.99 Å². The van der Waals surface area contributed by atoms with Gasteiger partial charge in [-0.1, -0.05) is 23.2 Å². The molecule has 0 aliphatic carbocycles. The SMILES string of the molecule is CN=C(NCCNS(=O)(=O)c1ccc(Cl)s1)N(C)Cc1cc(Cl)cn1C.I. The zero-order valence-electron chi connectivity index (χ0n) is 15.1. The van der Waals surface area contributed by atoms with Gasteiger partial charge >= 0.3 is 0 Å². The average molecular weight is 566 g/mol. The molecule has 2 rings (SSSR count). The summed E-state index contributed by atoms with van der Waals surface area (Å²) in [5, 5.41) is 3.81. The molecule has 0 saturated heterocycles. The Morgan fingerprint density at radius 1 is 1.33 bits per heavy atom. The van der Waals surface area contributed by atoms with E-state index in [1.54, 1.807) is 13.1 Å². The summed E-state index contributed by atoms with van der Waals surface area (Å²) in [7, 11) is 1.96. The molecule has 0 bridgehead atoms. The lowest BCUT2D eigenvalue weighted by Gasteiger charge is -2.22. The van der Waals surface area contributed by atoms with Crippen LogP contribution in [0, 0.1) is 0 Å². The minimum atomic E-state index is -3.54. The zero-order chi connectivity index (χ0) is 19.3. The number of hydrogen-bond acceptors (Lipinski definition) is 4. The van der Waals surface area contributed by atoms with Gasteiger partial charge in [0.2, 0.25) is 10.0 Å². The predicted molar refractivity (Wildman–Crippen MR) is 123 cm³/mol. The number of rotatable bonds is 7. The van der Waals surface area contributed by atoms with Crippen LogP contribution in [-0.4, -0.2) is 51.0 Å². The Balaban J connectivity index is 0.00000364. The second-order valence-electron chi connectivity index (χ2n) is 5.55. The predicted octanol–water partition coefficient (Wildman–Crippen LogP) is 3.00. The summed E-state index contributed by atoms with van der Waals surface area (Å²) in [5.41, 5.74) is 1.04. The van der Waals surface area contributed by atoms with E-state index in [9.17, 15) is 8.42 Å². The van der Waals surface area contributed by atoms with E-state index in [0.29, 0.717) is 28.4 Å². The number of hydrogen-bond donors (Lipinski definition) is 2. The quantitative estimate of drug-likeness (QED) is 0.234. The van der Waals surface area contributed by atoms with Crippen LogP contribution in [0.1, 0.15) is 5.69 Å². The maximum atomic E-state index is 12.1. The molecule has 0 amide bonds. The van der Waals surface area contributed by atoms with Gasteiger partial charge in [-0.2, -0.15) is 0 Å². The summed E-state index contributed by atoms with van der Waals surface area (Å²) < 4.78 is 29.4. The van der Waals surface area contributed by atoms with Crippen LogP contribution < -0.4 is 10.0 Å². The molecule has 27 heavy (non-hydrogen) atoms. The largest absolute Gasteiger partial charge is 0.355 e. The third-order valence-corrected chi connectivity index (χ3v) is 6.95. The topological polar surface area (TPSA) is 78.7 Å². The molecule has 0 fully saturated rings. The van der Waals surface area contributed by atoms with Crippen molar-refractivity contribution in [3.8, 4) is 0 Å². The molecule has 0 aromatic carbocycles. The van der Waals surface area contributed by atoms with Gasteiger partial charge in [-0.05, 0) is 18.2 Å². The van der Waals surface area contributed by atoms with Gasteiger partial charge in [0, 0.05) is 46.1 Å². The Morgan fingerprint density at radius 3 is 2.56 bits per heavy atom. The number of aliphatic imine (C=N–C) groups is 1. The lowest BCUT2D eigenvalue weighted by atomic mass is 10.4. The molecule has 0 saturated carbocycles. The number of aromatic nitrogens is 1. The van der Waals surface area contributed by atoms with Crippen molar-refractivity contribution in [1.29, 1.82) is 0 Å². The molecular formula is C15H22Cl2IN5O2S2. The van der Waals surface area contributed by atoms with E-state index in [1.807, 2.05) is 35.8 Å². The minimum absolute atomic E-state index is 0. The number of sulfonamides is 1. The molecule has 0 aliphatic heterocycles. The monoisotopic (exact) mass is 565 g/mol. The van der Waals surface area contributed by atoms with E-state index in [-0.39, 0.29) is 34.7 Å². The standard InChI is InChI=1S/C15H21Cl2N5O2S2.HI/c1-18-15(22(3)10-12-8-11(16)9-21(12)2)19-6-7-20-26(23,24)14-5-4-13(17)25-14;/h4-5,8-9,20H,6-7,10H2,1-3H3,(H,18,19);1H. The van der Waals surface area contributed by atoms with E-state index >= 15 is 0 Å². The Bertz CT molecular complexity index is 883. The van der Waals surface area contributed by atoms with Crippen molar-refractivity contribution in [2.45, 2.75) is 10.8 Å². The van der Waals surface area contributed by atoms with Gasteiger partial charge in [-0.25, -0.2) is 13.1 Å². The molecule has 0 atom stereocenters. The molecule has 0 radical (unpaired) electrons. The lowest BCUT2D eigenvalue weighted by Crippen LogP contribution is -2.42. The van der Waals surface area contributed by atoms with Crippen molar-refractivity contribution in [3.63, 3.8) is 0 Å². The van der Waals surface area contributed by atoms with Gasteiger partial charge in [-0.15, -0.1) is 35.3 Å². The van der Waals surface area contributed by atoms with Gasteiger partial charge in [0.25, 0.3) is 0 Å². The van der Waals surface area contributed by atoms with Crippen molar-refractivity contribution in [2.24, 2.45) is 12.0 Å². The fourth-order valence-corrected chi connectivity index (χ4v) is 5.13. The lowest BCUT2D eigenvalue weighted by molar-refractivity contribution is 0.462. The summed E-state index contributed by atoms with van der Waals surface area (Å²) in [6, 6.07) is 4.94. The van der Waals surface area contributed by atoms with E-state index in [0.717, 1.165) is 17.0 Å². The maximum Gasteiger partial charge on any atom is 0.250 e. The normalized spacial score (nSPS) is 12.0. The molecule has 0 aliphatic rings. The van der Waals surface area contributed by atoms with Crippen LogP contribution in [-0.2, 0) is 23.6 Å². The zero-order valence-corrected chi connectivity index (χ0v) is 20.5. The second-order valence-corrected chi connectivity index (χ2v) is 9.69. The minimum Gasteiger partial charge on any atom is -0.355 e. The number of guanidine groups is 1. The number of nitrogens with one attached hydrogen (secondary N) is 2. The first kappa shape index (κ1) is 24.5. The van der Waals surface area contributed by atoms with Crippen LogP contribution in [0.25, 0.3) is 0 Å². The van der Waals surface area contributed by atoms with Crippen molar-refractivity contribution in [2.75, 3.05) is 27.2 Å². The molecule has 2 heterocycles. The molecule has 12 heteroatoms. The Labute approximate surface area is 190 Å². The van der Waals surface area contributed by atoms with E-state index in [2.05, 4.69) is 15.0 Å². The van der Waals surface area contributed by atoms with Gasteiger partial charge in [0.15, 0.2) is 5.96 Å². The van der Waals surface area contributed by atoms with Gasteiger partial charge < -0.3 is 14.8 Å². The van der Waals surface area contributed by atoms with Crippen LogP contribution in [0.2, 0.25) is 9.36 Å². The Hall–Kier alpha value is -0.530. The second kappa shape index (κ2) is 10.9. The summed E-state index contributed by atoms with van der Waals surface area (Å²) >= 11 is 12.8. The van der Waals surface area contributed by atoms with E-state index in [1.165, 1.54) is 6.07 Å². The Morgan fingerprint density at radius 2 is 2.04 bits per heavy atom. The molecule has 0 unspecified atom stereocenters. The molecule has 2 aromatic rings. The van der Waals surface area contributed by atoms with Gasteiger partial charge in [0.05, 0.1) is 15.9 Å². The first-order valence-electron chi connectivity index (χ1n) is 7.70. The smallest absolute Gasteiger partial charge is 0.250 e. The van der Waals surface area contributed by atoms with Crippen LogP contribution in [0.15, 0.2) is 33.6 Å².